The summed E-state index contributed by atoms with van der Waals surface area (Å²) in [6.07, 6.45) is 2.32. The molecule has 6 nitrogen and oxygen atoms in total. The van der Waals surface area contributed by atoms with Crippen molar-refractivity contribution in [2.24, 2.45) is 0 Å². The third-order valence-corrected chi connectivity index (χ3v) is 6.49. The van der Waals surface area contributed by atoms with Gasteiger partial charge in [0.05, 0.1) is 30.4 Å². The van der Waals surface area contributed by atoms with Crippen molar-refractivity contribution in [1.29, 1.82) is 0 Å². The fourth-order valence-corrected chi connectivity index (χ4v) is 4.81. The Labute approximate surface area is 202 Å². The van der Waals surface area contributed by atoms with Gasteiger partial charge in [-0.3, -0.25) is 0 Å². The molecule has 34 heavy (non-hydrogen) atoms. The number of hydrogen-bond donors (Lipinski definition) is 0. The zero-order chi connectivity index (χ0) is 24.0. The Bertz CT molecular complexity index is 1360. The number of aryl methyl sites for hydroxylation is 2. The summed E-state index contributed by atoms with van der Waals surface area (Å²) in [7, 11) is 1.54. The Morgan fingerprint density at radius 2 is 1.91 bits per heavy atom. The van der Waals surface area contributed by atoms with Crippen molar-refractivity contribution >= 4 is 15.9 Å². The zero-order valence-corrected chi connectivity index (χ0v) is 20.1. The normalized spacial score (nSPS) is 15.9. The predicted octanol–water partition coefficient (Wildman–Crippen LogP) is 6.15. The highest BCUT2D eigenvalue weighted by Crippen LogP contribution is 2.42. The highest BCUT2D eigenvalue weighted by atomic mass is 79.9. The first kappa shape index (κ1) is 22.6. The van der Waals surface area contributed by atoms with Crippen LogP contribution in [0, 0.1) is 6.92 Å². The van der Waals surface area contributed by atoms with Gasteiger partial charge in [0.1, 0.15) is 17.2 Å². The second kappa shape index (κ2) is 8.57. The van der Waals surface area contributed by atoms with E-state index in [1.54, 1.807) is 25.6 Å². The first-order valence-corrected chi connectivity index (χ1v) is 11.5. The van der Waals surface area contributed by atoms with E-state index in [-0.39, 0.29) is 5.56 Å². The van der Waals surface area contributed by atoms with Gasteiger partial charge in [-0.2, -0.15) is 13.2 Å². The lowest BCUT2D eigenvalue weighted by Crippen LogP contribution is -2.20. The monoisotopic (exact) mass is 531 g/mol. The van der Waals surface area contributed by atoms with Crippen LogP contribution in [0.25, 0.3) is 17.1 Å². The summed E-state index contributed by atoms with van der Waals surface area (Å²) in [5.41, 5.74) is 2.39. The number of aromatic nitrogens is 5. The van der Waals surface area contributed by atoms with Gasteiger partial charge in [-0.15, -0.1) is 0 Å². The number of alkyl halides is 3. The number of pyridine rings is 1. The lowest BCUT2D eigenvalue weighted by molar-refractivity contribution is -0.138. The van der Waals surface area contributed by atoms with Crippen LogP contribution in [0.15, 0.2) is 53.5 Å². The number of nitrogens with zero attached hydrogens (tertiary/aromatic N) is 5. The van der Waals surface area contributed by atoms with Gasteiger partial charge >= 0.3 is 6.18 Å². The average molecular weight is 532 g/mol. The molecule has 0 bridgehead atoms. The maximum Gasteiger partial charge on any atom is 0.416 e. The van der Waals surface area contributed by atoms with Crippen LogP contribution in [-0.4, -0.2) is 31.2 Å². The number of fused-ring (bicyclic) bond motifs is 1. The van der Waals surface area contributed by atoms with Crippen LogP contribution in [0.4, 0.5) is 13.2 Å². The minimum Gasteiger partial charge on any atom is -0.479 e. The molecule has 0 saturated heterocycles. The Morgan fingerprint density at radius 1 is 1.09 bits per heavy atom. The summed E-state index contributed by atoms with van der Waals surface area (Å²) >= 11 is 3.17. The molecule has 0 radical (unpaired) electrons. The molecule has 4 heterocycles. The van der Waals surface area contributed by atoms with Gasteiger partial charge in [0.25, 0.3) is 0 Å². The summed E-state index contributed by atoms with van der Waals surface area (Å²) in [5.74, 6) is 0.566. The molecule has 1 atom stereocenters. The average Bonchev–Trinajstić information content (AvgIpc) is 3.44. The Kier molecular flexibility index (Phi) is 5.71. The van der Waals surface area contributed by atoms with E-state index in [2.05, 4.69) is 25.9 Å². The molecule has 0 N–H and O–H groups in total. The molecule has 10 heteroatoms. The molecule has 0 spiro atoms. The number of benzene rings is 1. The summed E-state index contributed by atoms with van der Waals surface area (Å²) in [6, 6.07) is 8.04. The number of hydrogen-bond acceptors (Lipinski definition) is 4. The molecule has 0 unspecified atom stereocenters. The maximum absolute atomic E-state index is 13.8. The van der Waals surface area contributed by atoms with E-state index in [0.29, 0.717) is 40.5 Å². The minimum absolute atomic E-state index is 0.241. The van der Waals surface area contributed by atoms with Crippen LogP contribution in [0.2, 0.25) is 0 Å². The second-order valence-corrected chi connectivity index (χ2v) is 9.16. The van der Waals surface area contributed by atoms with E-state index in [1.807, 2.05) is 40.6 Å². The van der Waals surface area contributed by atoms with Crippen molar-refractivity contribution in [3.63, 3.8) is 0 Å². The quantitative estimate of drug-likeness (QED) is 0.316. The summed E-state index contributed by atoms with van der Waals surface area (Å²) in [5, 5.41) is 0. The van der Waals surface area contributed by atoms with Crippen molar-refractivity contribution in [3.05, 3.63) is 76.2 Å². The molecule has 176 valence electrons. The van der Waals surface area contributed by atoms with Crippen LogP contribution in [-0.2, 0) is 12.7 Å². The van der Waals surface area contributed by atoms with Gasteiger partial charge in [0.2, 0.25) is 5.88 Å². The van der Waals surface area contributed by atoms with Gasteiger partial charge in [0, 0.05) is 29.3 Å². The maximum atomic E-state index is 13.8. The Hall–Kier alpha value is -3.14. The summed E-state index contributed by atoms with van der Waals surface area (Å²) < 4.78 is 51.1. The minimum atomic E-state index is -4.45. The number of rotatable bonds is 4. The standard InChI is InChI=1S/C24H21BrF3N5O/c1-14-11-33(13-29-14)21-8-7-19(31-23(21)34-2)20-12-32-9-3-4-17(22(32)30-20)16-6-5-15(25)10-18(16)24(26,27)28/h5-8,10-13,17H,3-4,9H2,1-2H3/t17-/m1/s1. The third kappa shape index (κ3) is 4.11. The van der Waals surface area contributed by atoms with Crippen molar-refractivity contribution in [2.75, 3.05) is 7.11 Å². The highest BCUT2D eigenvalue weighted by molar-refractivity contribution is 9.10. The first-order valence-electron chi connectivity index (χ1n) is 10.7. The first-order chi connectivity index (χ1) is 16.2. The number of ether oxygens (including phenoxy) is 1. The SMILES string of the molecule is COc1nc(-c2cn3c(n2)[C@@H](c2ccc(Br)cc2C(F)(F)F)CCC3)ccc1-n1cnc(C)c1. The molecular formula is C24H21BrF3N5O. The molecular weight excluding hydrogens is 511 g/mol. The molecule has 5 rings (SSSR count). The molecule has 1 aromatic carbocycles. The van der Waals surface area contributed by atoms with E-state index in [4.69, 9.17) is 9.72 Å². The van der Waals surface area contributed by atoms with Crippen molar-refractivity contribution in [3.8, 4) is 23.0 Å². The Morgan fingerprint density at radius 3 is 2.62 bits per heavy atom. The largest absolute Gasteiger partial charge is 0.479 e. The molecule has 0 saturated carbocycles. The third-order valence-electron chi connectivity index (χ3n) is 5.99. The van der Waals surface area contributed by atoms with Gasteiger partial charge in [-0.05, 0) is 49.6 Å². The van der Waals surface area contributed by atoms with E-state index in [1.165, 1.54) is 0 Å². The van der Waals surface area contributed by atoms with Crippen LogP contribution < -0.4 is 4.74 Å². The van der Waals surface area contributed by atoms with E-state index in [9.17, 15) is 13.2 Å². The fraction of sp³-hybridized carbons (Fsp3) is 0.292. The van der Waals surface area contributed by atoms with Crippen molar-refractivity contribution in [1.82, 2.24) is 24.1 Å². The second-order valence-electron chi connectivity index (χ2n) is 8.25. The number of halogens is 4. The molecule has 1 aliphatic heterocycles. The number of methoxy groups -OCH3 is 1. The zero-order valence-electron chi connectivity index (χ0n) is 18.5. The van der Waals surface area contributed by atoms with Gasteiger partial charge < -0.3 is 13.9 Å². The van der Waals surface area contributed by atoms with Gasteiger partial charge in [0.15, 0.2) is 0 Å². The highest BCUT2D eigenvalue weighted by Gasteiger charge is 2.37. The van der Waals surface area contributed by atoms with Crippen molar-refractivity contribution in [2.45, 2.75) is 38.4 Å². The van der Waals surface area contributed by atoms with Gasteiger partial charge in [-0.1, -0.05) is 22.0 Å². The molecule has 0 aliphatic carbocycles. The molecule has 0 amide bonds. The Balaban J connectivity index is 1.55. The molecule has 1 aliphatic rings. The van der Waals surface area contributed by atoms with E-state index >= 15 is 0 Å². The molecule has 4 aromatic rings. The smallest absolute Gasteiger partial charge is 0.416 e. The summed E-state index contributed by atoms with van der Waals surface area (Å²) in [6.45, 7) is 2.59. The summed E-state index contributed by atoms with van der Waals surface area (Å²) in [4.78, 5) is 13.6. The lowest BCUT2D eigenvalue weighted by atomic mass is 9.87. The van der Waals surface area contributed by atoms with Crippen LogP contribution in [0.5, 0.6) is 5.88 Å². The topological polar surface area (TPSA) is 57.8 Å². The van der Waals surface area contributed by atoms with Crippen LogP contribution in [0.1, 0.15) is 41.4 Å². The van der Waals surface area contributed by atoms with Crippen LogP contribution in [0.3, 0.4) is 0 Å². The van der Waals surface area contributed by atoms with E-state index in [0.717, 1.165) is 23.9 Å². The lowest BCUT2D eigenvalue weighted by Gasteiger charge is -2.26. The van der Waals surface area contributed by atoms with Gasteiger partial charge in [-0.25, -0.2) is 15.0 Å². The van der Waals surface area contributed by atoms with E-state index < -0.39 is 17.7 Å². The number of imidazole rings is 2. The van der Waals surface area contributed by atoms with Crippen LogP contribution >= 0.6 is 15.9 Å². The molecule has 3 aromatic heterocycles. The molecule has 0 fully saturated rings. The van der Waals surface area contributed by atoms with Crippen molar-refractivity contribution < 1.29 is 17.9 Å². The predicted molar refractivity (Wildman–Crippen MR) is 124 cm³/mol. The fourth-order valence-electron chi connectivity index (χ4n) is 4.45.